The van der Waals surface area contributed by atoms with E-state index in [-0.39, 0.29) is 11.8 Å². The summed E-state index contributed by atoms with van der Waals surface area (Å²) in [5, 5.41) is 11.0. The molecule has 148 valence electrons. The lowest BCUT2D eigenvalue weighted by Crippen LogP contribution is -2.52. The summed E-state index contributed by atoms with van der Waals surface area (Å²) in [5.74, 6) is 0.381. The summed E-state index contributed by atoms with van der Waals surface area (Å²) >= 11 is 0. The molecule has 1 amide bonds. The Morgan fingerprint density at radius 2 is 1.96 bits per heavy atom. The quantitative estimate of drug-likeness (QED) is 0.875. The third kappa shape index (κ3) is 4.18. The number of pyridine rings is 1. The van der Waals surface area contributed by atoms with Gasteiger partial charge >= 0.3 is 0 Å². The van der Waals surface area contributed by atoms with Gasteiger partial charge in [0.25, 0.3) is 0 Å². The molecular weight excluding hydrogens is 342 g/mol. The Morgan fingerprint density at radius 3 is 2.67 bits per heavy atom. The highest BCUT2D eigenvalue weighted by Gasteiger charge is 2.38. The van der Waals surface area contributed by atoms with Crippen molar-refractivity contribution in [1.29, 1.82) is 0 Å². The largest absolute Gasteiger partial charge is 0.385 e. The lowest BCUT2D eigenvalue weighted by atomic mass is 9.84. The van der Waals surface area contributed by atoms with Crippen LogP contribution in [-0.2, 0) is 15.1 Å². The number of rotatable bonds is 3. The number of amides is 1. The van der Waals surface area contributed by atoms with E-state index in [1.165, 1.54) is 0 Å². The Labute approximate surface area is 161 Å². The molecule has 0 radical (unpaired) electrons. The van der Waals surface area contributed by atoms with Crippen LogP contribution in [0.25, 0.3) is 0 Å². The number of carbonyl (C=O) groups excluding carboxylic acids is 1. The molecular formula is C21H31N3O3. The molecule has 0 saturated carbocycles. The average Bonchev–Trinajstić information content (AvgIpc) is 2.75. The standard InChI is InChI=1S/C21H31N3O3/c25-20(17-3-2-10-24(16-17)19-5-13-27-14-6-19)23-11-7-21(26,8-12-23)18-4-1-9-22-15-18/h1,4,9,15,17,19,26H,2-3,5-8,10-14,16H2/t17-/m1/s1. The summed E-state index contributed by atoms with van der Waals surface area (Å²) in [4.78, 5) is 21.7. The van der Waals surface area contributed by atoms with E-state index in [0.717, 1.165) is 57.6 Å². The molecule has 1 aromatic heterocycles. The van der Waals surface area contributed by atoms with E-state index in [0.29, 0.717) is 32.0 Å². The van der Waals surface area contributed by atoms with Crippen LogP contribution >= 0.6 is 0 Å². The Balaban J connectivity index is 1.33. The van der Waals surface area contributed by atoms with Gasteiger partial charge in [0.15, 0.2) is 0 Å². The van der Waals surface area contributed by atoms with Gasteiger partial charge in [-0.3, -0.25) is 14.7 Å². The van der Waals surface area contributed by atoms with Crippen molar-refractivity contribution < 1.29 is 14.6 Å². The van der Waals surface area contributed by atoms with Crippen LogP contribution < -0.4 is 0 Å². The fourth-order valence-corrected chi connectivity index (χ4v) is 4.87. The van der Waals surface area contributed by atoms with Crippen LogP contribution in [-0.4, -0.2) is 71.2 Å². The molecule has 3 saturated heterocycles. The van der Waals surface area contributed by atoms with Crippen molar-refractivity contribution >= 4 is 5.91 Å². The summed E-state index contributed by atoms with van der Waals surface area (Å²) < 4.78 is 5.49. The molecule has 6 heteroatoms. The molecule has 4 heterocycles. The van der Waals surface area contributed by atoms with Gasteiger partial charge in [-0.1, -0.05) is 6.07 Å². The summed E-state index contributed by atoms with van der Waals surface area (Å²) in [5.41, 5.74) is 0.00612. The van der Waals surface area contributed by atoms with Gasteiger partial charge in [0.05, 0.1) is 11.5 Å². The third-order valence-corrected chi connectivity index (χ3v) is 6.61. The molecule has 6 nitrogen and oxygen atoms in total. The van der Waals surface area contributed by atoms with Gasteiger partial charge in [0.2, 0.25) is 5.91 Å². The van der Waals surface area contributed by atoms with E-state index >= 15 is 0 Å². The molecule has 1 atom stereocenters. The van der Waals surface area contributed by atoms with Crippen molar-refractivity contribution in [2.75, 3.05) is 39.4 Å². The number of hydrogen-bond donors (Lipinski definition) is 1. The number of aromatic nitrogens is 1. The maximum atomic E-state index is 13.1. The van der Waals surface area contributed by atoms with Gasteiger partial charge in [-0.2, -0.15) is 0 Å². The molecule has 0 aromatic carbocycles. The monoisotopic (exact) mass is 373 g/mol. The molecule has 1 N–H and O–H groups in total. The number of nitrogens with zero attached hydrogens (tertiary/aromatic N) is 3. The molecule has 3 fully saturated rings. The molecule has 3 aliphatic rings. The predicted octanol–water partition coefficient (Wildman–Crippen LogP) is 1.78. The van der Waals surface area contributed by atoms with Gasteiger partial charge in [0, 0.05) is 56.8 Å². The lowest BCUT2D eigenvalue weighted by molar-refractivity contribution is -0.142. The maximum absolute atomic E-state index is 13.1. The fraction of sp³-hybridized carbons (Fsp3) is 0.714. The zero-order valence-electron chi connectivity index (χ0n) is 16.1. The second kappa shape index (κ2) is 8.25. The van der Waals surface area contributed by atoms with Crippen LogP contribution in [0, 0.1) is 5.92 Å². The summed E-state index contributed by atoms with van der Waals surface area (Å²) in [6.07, 6.45) is 8.89. The molecule has 0 aliphatic carbocycles. The highest BCUT2D eigenvalue weighted by molar-refractivity contribution is 5.79. The average molecular weight is 373 g/mol. The number of aliphatic hydroxyl groups is 1. The van der Waals surface area contributed by atoms with E-state index in [1.807, 2.05) is 17.0 Å². The summed E-state index contributed by atoms with van der Waals surface area (Å²) in [6.45, 7) is 4.93. The molecule has 4 rings (SSSR count). The van der Waals surface area contributed by atoms with Crippen LogP contribution in [0.5, 0.6) is 0 Å². The third-order valence-electron chi connectivity index (χ3n) is 6.61. The molecule has 0 bridgehead atoms. The van der Waals surface area contributed by atoms with Gasteiger partial charge in [-0.05, 0) is 51.1 Å². The van der Waals surface area contributed by atoms with Gasteiger partial charge < -0.3 is 14.7 Å². The smallest absolute Gasteiger partial charge is 0.226 e. The Hall–Kier alpha value is -1.50. The van der Waals surface area contributed by atoms with Gasteiger partial charge in [0.1, 0.15) is 0 Å². The minimum Gasteiger partial charge on any atom is -0.385 e. The van der Waals surface area contributed by atoms with Crippen molar-refractivity contribution in [2.24, 2.45) is 5.92 Å². The number of hydrogen-bond acceptors (Lipinski definition) is 5. The predicted molar refractivity (Wildman–Crippen MR) is 102 cm³/mol. The van der Waals surface area contributed by atoms with Crippen molar-refractivity contribution in [3.8, 4) is 0 Å². The van der Waals surface area contributed by atoms with Crippen molar-refractivity contribution in [3.05, 3.63) is 30.1 Å². The number of carbonyl (C=O) groups is 1. The van der Waals surface area contributed by atoms with E-state index in [4.69, 9.17) is 4.74 Å². The molecule has 27 heavy (non-hydrogen) atoms. The SMILES string of the molecule is O=C([C@@H]1CCCN(C2CCOCC2)C1)N1CCC(O)(c2cccnc2)CC1. The first kappa shape index (κ1) is 18.8. The number of piperidine rings is 2. The van der Waals surface area contributed by atoms with E-state index in [1.54, 1.807) is 12.4 Å². The molecule has 0 spiro atoms. The normalized spacial score (nSPS) is 27.4. The highest BCUT2D eigenvalue weighted by Crippen LogP contribution is 2.33. The highest BCUT2D eigenvalue weighted by atomic mass is 16.5. The second-order valence-electron chi connectivity index (χ2n) is 8.28. The van der Waals surface area contributed by atoms with Gasteiger partial charge in [-0.25, -0.2) is 0 Å². The van der Waals surface area contributed by atoms with E-state index in [2.05, 4.69) is 9.88 Å². The lowest BCUT2D eigenvalue weighted by Gasteiger charge is -2.43. The fourth-order valence-electron chi connectivity index (χ4n) is 4.87. The number of ether oxygens (including phenoxy) is 1. The minimum atomic E-state index is -0.855. The van der Waals surface area contributed by atoms with Crippen LogP contribution in [0.15, 0.2) is 24.5 Å². The number of likely N-dealkylation sites (tertiary alicyclic amines) is 2. The topological polar surface area (TPSA) is 65.9 Å². The zero-order valence-corrected chi connectivity index (χ0v) is 16.1. The molecule has 3 aliphatic heterocycles. The Morgan fingerprint density at radius 1 is 1.19 bits per heavy atom. The van der Waals surface area contributed by atoms with Crippen molar-refractivity contribution in [2.45, 2.75) is 50.2 Å². The van der Waals surface area contributed by atoms with Crippen molar-refractivity contribution in [1.82, 2.24) is 14.8 Å². The van der Waals surface area contributed by atoms with Crippen molar-refractivity contribution in [3.63, 3.8) is 0 Å². The first-order chi connectivity index (χ1) is 13.2. The van der Waals surface area contributed by atoms with E-state index in [9.17, 15) is 9.90 Å². The maximum Gasteiger partial charge on any atom is 0.226 e. The Kier molecular flexibility index (Phi) is 5.76. The minimum absolute atomic E-state index is 0.103. The van der Waals surface area contributed by atoms with Crippen LogP contribution in [0.2, 0.25) is 0 Å². The summed E-state index contributed by atoms with van der Waals surface area (Å²) in [6, 6.07) is 4.36. The van der Waals surface area contributed by atoms with Crippen LogP contribution in [0.4, 0.5) is 0 Å². The summed E-state index contributed by atoms with van der Waals surface area (Å²) in [7, 11) is 0. The van der Waals surface area contributed by atoms with E-state index < -0.39 is 5.60 Å². The van der Waals surface area contributed by atoms with Crippen LogP contribution in [0.3, 0.4) is 0 Å². The molecule has 0 unspecified atom stereocenters. The van der Waals surface area contributed by atoms with Crippen LogP contribution in [0.1, 0.15) is 44.1 Å². The zero-order chi connectivity index (χ0) is 18.7. The first-order valence-electron chi connectivity index (χ1n) is 10.4. The Bertz CT molecular complexity index is 625. The van der Waals surface area contributed by atoms with Gasteiger partial charge in [-0.15, -0.1) is 0 Å². The molecule has 1 aromatic rings. The first-order valence-corrected chi connectivity index (χ1v) is 10.4. The second-order valence-corrected chi connectivity index (χ2v) is 8.28.